The first kappa shape index (κ1) is 17.1. The zero-order valence-corrected chi connectivity index (χ0v) is 14.4. The highest BCUT2D eigenvalue weighted by atomic mass is 16.6. The van der Waals surface area contributed by atoms with Gasteiger partial charge in [0.05, 0.1) is 11.0 Å². The van der Waals surface area contributed by atoms with Gasteiger partial charge in [-0.15, -0.1) is 0 Å². The molecule has 1 atom stereocenters. The number of nitro groups is 1. The lowest BCUT2D eigenvalue weighted by Crippen LogP contribution is -2.49. The standard InChI is InChI=1S/C19H21N3O3/c1-14-8-9-16(12-17(14)22(24)25)19(23)21-11-10-20(2)13-18(21)15-6-4-3-5-7-15/h3-9,12,18H,10-11,13H2,1-2H3. The number of piperazine rings is 1. The van der Waals surface area contributed by atoms with Crippen LogP contribution in [0.5, 0.6) is 0 Å². The maximum absolute atomic E-state index is 13.1. The summed E-state index contributed by atoms with van der Waals surface area (Å²) in [5.41, 5.74) is 1.97. The Hall–Kier alpha value is -2.73. The summed E-state index contributed by atoms with van der Waals surface area (Å²) in [6, 6.07) is 14.5. The molecule has 2 aromatic rings. The van der Waals surface area contributed by atoms with E-state index >= 15 is 0 Å². The van der Waals surface area contributed by atoms with Crippen LogP contribution in [0.4, 0.5) is 5.69 Å². The number of likely N-dealkylation sites (N-methyl/N-ethyl adjacent to an activating group) is 1. The number of nitro benzene ring substituents is 1. The highest BCUT2D eigenvalue weighted by Gasteiger charge is 2.31. The predicted octanol–water partition coefficient (Wildman–Crippen LogP) is 3.03. The van der Waals surface area contributed by atoms with Crippen molar-refractivity contribution >= 4 is 11.6 Å². The molecule has 0 aromatic heterocycles. The molecule has 1 saturated heterocycles. The maximum atomic E-state index is 13.1. The van der Waals surface area contributed by atoms with E-state index in [-0.39, 0.29) is 17.6 Å². The number of nitrogens with zero attached hydrogens (tertiary/aromatic N) is 3. The highest BCUT2D eigenvalue weighted by Crippen LogP contribution is 2.28. The second-order valence-electron chi connectivity index (χ2n) is 6.45. The van der Waals surface area contributed by atoms with E-state index < -0.39 is 4.92 Å². The van der Waals surface area contributed by atoms with Crippen molar-refractivity contribution in [3.8, 4) is 0 Å². The Labute approximate surface area is 146 Å². The SMILES string of the molecule is Cc1ccc(C(=O)N2CCN(C)CC2c2ccccc2)cc1[N+](=O)[O-]. The molecule has 0 N–H and O–H groups in total. The third-order valence-corrected chi connectivity index (χ3v) is 4.68. The number of aryl methyl sites for hydroxylation is 1. The fourth-order valence-electron chi connectivity index (χ4n) is 3.23. The summed E-state index contributed by atoms with van der Waals surface area (Å²) in [6.07, 6.45) is 0. The van der Waals surface area contributed by atoms with Crippen LogP contribution in [-0.4, -0.2) is 47.3 Å². The van der Waals surface area contributed by atoms with E-state index in [9.17, 15) is 14.9 Å². The second-order valence-corrected chi connectivity index (χ2v) is 6.45. The largest absolute Gasteiger partial charge is 0.329 e. The Balaban J connectivity index is 1.94. The number of amides is 1. The zero-order chi connectivity index (χ0) is 18.0. The van der Waals surface area contributed by atoms with Crippen molar-refractivity contribution in [2.75, 3.05) is 26.7 Å². The number of hydrogen-bond donors (Lipinski definition) is 0. The van der Waals surface area contributed by atoms with Crippen LogP contribution in [0.15, 0.2) is 48.5 Å². The normalized spacial score (nSPS) is 18.2. The molecule has 6 heteroatoms. The van der Waals surface area contributed by atoms with Gasteiger partial charge >= 0.3 is 0 Å². The first-order chi connectivity index (χ1) is 12.0. The molecule has 0 saturated carbocycles. The lowest BCUT2D eigenvalue weighted by Gasteiger charge is -2.40. The van der Waals surface area contributed by atoms with E-state index in [1.54, 1.807) is 19.1 Å². The van der Waals surface area contributed by atoms with Crippen molar-refractivity contribution in [1.82, 2.24) is 9.80 Å². The predicted molar refractivity (Wildman–Crippen MR) is 95.5 cm³/mol. The van der Waals surface area contributed by atoms with E-state index in [1.165, 1.54) is 6.07 Å². The minimum absolute atomic E-state index is 0.0174. The van der Waals surface area contributed by atoms with Gasteiger partial charge in [-0.2, -0.15) is 0 Å². The molecule has 130 valence electrons. The van der Waals surface area contributed by atoms with Gasteiger partial charge in [0.2, 0.25) is 0 Å². The monoisotopic (exact) mass is 339 g/mol. The minimum atomic E-state index is -0.440. The van der Waals surface area contributed by atoms with Crippen LogP contribution in [0.2, 0.25) is 0 Å². The zero-order valence-electron chi connectivity index (χ0n) is 14.4. The molecular formula is C19H21N3O3. The number of benzene rings is 2. The van der Waals surface area contributed by atoms with Gasteiger partial charge in [0.25, 0.3) is 11.6 Å². The van der Waals surface area contributed by atoms with Gasteiger partial charge in [-0.1, -0.05) is 36.4 Å². The van der Waals surface area contributed by atoms with Gasteiger partial charge in [-0.3, -0.25) is 14.9 Å². The number of rotatable bonds is 3. The molecule has 25 heavy (non-hydrogen) atoms. The van der Waals surface area contributed by atoms with Gasteiger partial charge in [0, 0.05) is 36.8 Å². The molecule has 1 amide bonds. The first-order valence-corrected chi connectivity index (χ1v) is 8.27. The van der Waals surface area contributed by atoms with Gasteiger partial charge in [0.15, 0.2) is 0 Å². The summed E-state index contributed by atoms with van der Waals surface area (Å²) < 4.78 is 0. The van der Waals surface area contributed by atoms with E-state index in [0.29, 0.717) is 17.7 Å². The van der Waals surface area contributed by atoms with Crippen LogP contribution < -0.4 is 0 Å². The molecule has 1 unspecified atom stereocenters. The van der Waals surface area contributed by atoms with Gasteiger partial charge in [-0.05, 0) is 25.6 Å². The van der Waals surface area contributed by atoms with E-state index in [4.69, 9.17) is 0 Å². The van der Waals surface area contributed by atoms with Crippen LogP contribution in [0, 0.1) is 17.0 Å². The minimum Gasteiger partial charge on any atom is -0.329 e. The fraction of sp³-hybridized carbons (Fsp3) is 0.316. The second kappa shape index (κ2) is 7.03. The van der Waals surface area contributed by atoms with Crippen molar-refractivity contribution in [3.63, 3.8) is 0 Å². The average molecular weight is 339 g/mol. The quantitative estimate of drug-likeness (QED) is 0.637. The Bertz CT molecular complexity index is 792. The summed E-state index contributed by atoms with van der Waals surface area (Å²) >= 11 is 0. The third-order valence-electron chi connectivity index (χ3n) is 4.68. The molecule has 6 nitrogen and oxygen atoms in total. The summed E-state index contributed by atoms with van der Waals surface area (Å²) in [4.78, 5) is 27.8. The number of hydrogen-bond acceptors (Lipinski definition) is 4. The van der Waals surface area contributed by atoms with Crippen molar-refractivity contribution in [2.45, 2.75) is 13.0 Å². The molecule has 1 heterocycles. The van der Waals surface area contributed by atoms with Crippen LogP contribution in [0.3, 0.4) is 0 Å². The summed E-state index contributed by atoms with van der Waals surface area (Å²) in [5.74, 6) is -0.162. The van der Waals surface area contributed by atoms with Crippen LogP contribution in [0.1, 0.15) is 27.5 Å². The van der Waals surface area contributed by atoms with Crippen molar-refractivity contribution in [2.24, 2.45) is 0 Å². The van der Waals surface area contributed by atoms with E-state index in [1.807, 2.05) is 42.3 Å². The van der Waals surface area contributed by atoms with Crippen molar-refractivity contribution in [1.29, 1.82) is 0 Å². The Morgan fingerprint density at radius 3 is 2.56 bits per heavy atom. The van der Waals surface area contributed by atoms with Crippen LogP contribution in [0.25, 0.3) is 0 Å². The number of carbonyl (C=O) groups excluding carboxylic acids is 1. The molecule has 1 aliphatic rings. The summed E-state index contributed by atoms with van der Waals surface area (Å²) in [7, 11) is 2.04. The third kappa shape index (κ3) is 3.53. The highest BCUT2D eigenvalue weighted by molar-refractivity contribution is 5.95. The van der Waals surface area contributed by atoms with E-state index in [2.05, 4.69) is 4.90 Å². The van der Waals surface area contributed by atoms with Crippen LogP contribution in [-0.2, 0) is 0 Å². The molecule has 0 aliphatic carbocycles. The Kier molecular flexibility index (Phi) is 4.81. The first-order valence-electron chi connectivity index (χ1n) is 8.27. The molecule has 3 rings (SSSR count). The van der Waals surface area contributed by atoms with E-state index in [0.717, 1.165) is 18.7 Å². The average Bonchev–Trinajstić information content (AvgIpc) is 2.62. The lowest BCUT2D eigenvalue weighted by atomic mass is 10.0. The molecule has 0 spiro atoms. The molecule has 1 fully saturated rings. The summed E-state index contributed by atoms with van der Waals surface area (Å²) in [5, 5.41) is 11.2. The fourth-order valence-corrected chi connectivity index (χ4v) is 3.23. The van der Waals surface area contributed by atoms with Gasteiger partial charge in [0.1, 0.15) is 0 Å². The van der Waals surface area contributed by atoms with Gasteiger partial charge < -0.3 is 9.80 Å². The van der Waals surface area contributed by atoms with Gasteiger partial charge in [-0.25, -0.2) is 0 Å². The Morgan fingerprint density at radius 1 is 1.16 bits per heavy atom. The van der Waals surface area contributed by atoms with Crippen molar-refractivity contribution < 1.29 is 9.72 Å². The molecule has 2 aromatic carbocycles. The summed E-state index contributed by atoms with van der Waals surface area (Å²) in [6.45, 7) is 3.79. The Morgan fingerprint density at radius 2 is 1.88 bits per heavy atom. The number of carbonyl (C=O) groups is 1. The maximum Gasteiger partial charge on any atom is 0.273 e. The molecule has 0 bridgehead atoms. The van der Waals surface area contributed by atoms with Crippen LogP contribution >= 0.6 is 0 Å². The topological polar surface area (TPSA) is 66.7 Å². The lowest BCUT2D eigenvalue weighted by molar-refractivity contribution is -0.385. The smallest absolute Gasteiger partial charge is 0.273 e. The molecule has 0 radical (unpaired) electrons. The molecular weight excluding hydrogens is 318 g/mol. The van der Waals surface area contributed by atoms with Crippen molar-refractivity contribution in [3.05, 3.63) is 75.3 Å². The molecule has 1 aliphatic heterocycles.